The number of benzene rings is 1. The van der Waals surface area contributed by atoms with Crippen LogP contribution in [0.2, 0.25) is 0 Å². The molecule has 2 unspecified atom stereocenters. The van der Waals surface area contributed by atoms with Crippen molar-refractivity contribution in [3.63, 3.8) is 0 Å². The molecule has 1 fully saturated rings. The highest BCUT2D eigenvalue weighted by Gasteiger charge is 2.26. The molecule has 0 nitrogen and oxygen atoms in total. The second kappa shape index (κ2) is 4.31. The van der Waals surface area contributed by atoms with E-state index >= 15 is 0 Å². The first-order valence-electron chi connectivity index (χ1n) is 5.17. The van der Waals surface area contributed by atoms with E-state index in [-0.39, 0.29) is 17.1 Å². The lowest BCUT2D eigenvalue weighted by molar-refractivity contribution is 0.436. The molecule has 1 aliphatic carbocycles. The van der Waals surface area contributed by atoms with E-state index in [2.05, 4.69) is 0 Å². The van der Waals surface area contributed by atoms with Crippen LogP contribution in [-0.2, 0) is 0 Å². The fraction of sp³-hybridized carbons (Fsp3) is 0.500. The standard InChI is InChI=1S/C12H14ClF/c13-11-7-3-1-5-9(11)10-6-2-4-8-12(10)14/h2,4,6,8-9,11H,1,3,5,7H2. The Hall–Kier alpha value is -0.560. The third-order valence-electron chi connectivity index (χ3n) is 2.99. The van der Waals surface area contributed by atoms with Crippen LogP contribution in [0.1, 0.15) is 37.2 Å². The number of hydrogen-bond donors (Lipinski definition) is 0. The zero-order valence-electron chi connectivity index (χ0n) is 8.05. The van der Waals surface area contributed by atoms with Gasteiger partial charge in [0.2, 0.25) is 0 Å². The van der Waals surface area contributed by atoms with Crippen molar-refractivity contribution >= 4 is 11.6 Å². The monoisotopic (exact) mass is 212 g/mol. The Kier molecular flexibility index (Phi) is 3.07. The Balaban J connectivity index is 2.25. The number of halogens is 2. The van der Waals surface area contributed by atoms with Crippen molar-refractivity contribution < 1.29 is 4.39 Å². The summed E-state index contributed by atoms with van der Waals surface area (Å²) in [5.41, 5.74) is 0.798. The SMILES string of the molecule is Fc1ccccc1C1CCCCC1Cl. The quantitative estimate of drug-likeness (QED) is 0.615. The maximum Gasteiger partial charge on any atom is 0.126 e. The van der Waals surface area contributed by atoms with Crippen LogP contribution in [0, 0.1) is 5.82 Å². The van der Waals surface area contributed by atoms with Gasteiger partial charge >= 0.3 is 0 Å². The van der Waals surface area contributed by atoms with Gasteiger partial charge in [-0.15, -0.1) is 11.6 Å². The van der Waals surface area contributed by atoms with Crippen LogP contribution < -0.4 is 0 Å². The first-order chi connectivity index (χ1) is 6.79. The largest absolute Gasteiger partial charge is 0.207 e. The van der Waals surface area contributed by atoms with Crippen molar-refractivity contribution in [2.45, 2.75) is 37.0 Å². The van der Waals surface area contributed by atoms with E-state index in [9.17, 15) is 4.39 Å². The second-order valence-corrected chi connectivity index (χ2v) is 4.49. The van der Waals surface area contributed by atoms with E-state index in [4.69, 9.17) is 11.6 Å². The molecule has 0 N–H and O–H groups in total. The molecule has 0 aromatic heterocycles. The number of rotatable bonds is 1. The molecule has 1 aromatic rings. The van der Waals surface area contributed by atoms with E-state index < -0.39 is 0 Å². The van der Waals surface area contributed by atoms with E-state index in [0.29, 0.717) is 0 Å². The molecule has 2 rings (SSSR count). The van der Waals surface area contributed by atoms with Gasteiger partial charge in [0.05, 0.1) is 0 Å². The summed E-state index contributed by atoms with van der Waals surface area (Å²) in [5, 5.41) is 0.112. The minimum atomic E-state index is -0.106. The van der Waals surface area contributed by atoms with Gasteiger partial charge < -0.3 is 0 Å². The molecular formula is C12H14ClF. The molecule has 0 spiro atoms. The van der Waals surface area contributed by atoms with Crippen LogP contribution in [-0.4, -0.2) is 5.38 Å². The van der Waals surface area contributed by atoms with E-state index in [1.165, 1.54) is 18.9 Å². The lowest BCUT2D eigenvalue weighted by atomic mass is 9.83. The molecule has 1 aromatic carbocycles. The van der Waals surface area contributed by atoms with Crippen molar-refractivity contribution in [2.75, 3.05) is 0 Å². The van der Waals surface area contributed by atoms with Gasteiger partial charge in [-0.2, -0.15) is 0 Å². The summed E-state index contributed by atoms with van der Waals surface area (Å²) in [5.74, 6) is 0.108. The molecule has 1 saturated carbocycles. The summed E-state index contributed by atoms with van der Waals surface area (Å²) in [6.07, 6.45) is 4.39. The molecule has 0 amide bonds. The topological polar surface area (TPSA) is 0 Å². The fourth-order valence-electron chi connectivity index (χ4n) is 2.21. The zero-order chi connectivity index (χ0) is 9.97. The molecule has 1 aliphatic rings. The Morgan fingerprint density at radius 2 is 1.86 bits per heavy atom. The Labute approximate surface area is 89.1 Å². The van der Waals surface area contributed by atoms with Crippen molar-refractivity contribution in [2.24, 2.45) is 0 Å². The highest BCUT2D eigenvalue weighted by Crippen LogP contribution is 2.37. The van der Waals surface area contributed by atoms with Crippen molar-refractivity contribution in [3.8, 4) is 0 Å². The first-order valence-corrected chi connectivity index (χ1v) is 5.61. The zero-order valence-corrected chi connectivity index (χ0v) is 8.80. The summed E-state index contributed by atoms with van der Waals surface area (Å²) >= 11 is 6.22. The third kappa shape index (κ3) is 1.93. The summed E-state index contributed by atoms with van der Waals surface area (Å²) in [6, 6.07) is 7.00. The first kappa shape index (κ1) is 9.97. The van der Waals surface area contributed by atoms with Crippen molar-refractivity contribution in [1.29, 1.82) is 0 Å². The summed E-state index contributed by atoms with van der Waals surface area (Å²) in [6.45, 7) is 0. The van der Waals surface area contributed by atoms with Gasteiger partial charge in [-0.25, -0.2) is 4.39 Å². The Morgan fingerprint density at radius 3 is 2.57 bits per heavy atom. The maximum absolute atomic E-state index is 13.5. The van der Waals surface area contributed by atoms with Crippen LogP contribution in [0.15, 0.2) is 24.3 Å². The average Bonchev–Trinajstić information content (AvgIpc) is 2.20. The number of hydrogen-bond acceptors (Lipinski definition) is 0. The van der Waals surface area contributed by atoms with Gasteiger partial charge in [-0.05, 0) is 24.5 Å². The normalized spacial score (nSPS) is 27.6. The highest BCUT2D eigenvalue weighted by molar-refractivity contribution is 6.21. The second-order valence-electron chi connectivity index (χ2n) is 3.93. The van der Waals surface area contributed by atoms with Crippen LogP contribution in [0.4, 0.5) is 4.39 Å². The summed E-state index contributed by atoms with van der Waals surface area (Å²) in [4.78, 5) is 0. The summed E-state index contributed by atoms with van der Waals surface area (Å²) in [7, 11) is 0. The lowest BCUT2D eigenvalue weighted by Gasteiger charge is -2.27. The predicted octanol–water partition coefficient (Wildman–Crippen LogP) is 4.09. The molecule has 0 saturated heterocycles. The molecule has 76 valence electrons. The lowest BCUT2D eigenvalue weighted by Crippen LogP contribution is -2.18. The molecule has 0 bridgehead atoms. The van der Waals surface area contributed by atoms with Crippen LogP contribution >= 0.6 is 11.6 Å². The van der Waals surface area contributed by atoms with E-state index in [1.54, 1.807) is 6.07 Å². The highest BCUT2D eigenvalue weighted by atomic mass is 35.5. The minimum absolute atomic E-state index is 0.106. The fourth-order valence-corrected chi connectivity index (χ4v) is 2.63. The molecule has 0 aliphatic heterocycles. The molecule has 14 heavy (non-hydrogen) atoms. The molecule has 0 heterocycles. The van der Waals surface area contributed by atoms with E-state index in [1.807, 2.05) is 12.1 Å². The Morgan fingerprint density at radius 1 is 1.14 bits per heavy atom. The molecule has 2 atom stereocenters. The van der Waals surface area contributed by atoms with Gasteiger partial charge in [0, 0.05) is 11.3 Å². The van der Waals surface area contributed by atoms with Crippen molar-refractivity contribution in [3.05, 3.63) is 35.6 Å². The maximum atomic E-state index is 13.5. The van der Waals surface area contributed by atoms with Crippen LogP contribution in [0.25, 0.3) is 0 Å². The van der Waals surface area contributed by atoms with Crippen LogP contribution in [0.3, 0.4) is 0 Å². The minimum Gasteiger partial charge on any atom is -0.207 e. The molecule has 0 radical (unpaired) electrons. The van der Waals surface area contributed by atoms with E-state index in [0.717, 1.165) is 18.4 Å². The molecular weight excluding hydrogens is 199 g/mol. The summed E-state index contributed by atoms with van der Waals surface area (Å²) < 4.78 is 13.5. The predicted molar refractivity (Wildman–Crippen MR) is 57.3 cm³/mol. The number of alkyl halides is 1. The van der Waals surface area contributed by atoms with Gasteiger partial charge in [0.25, 0.3) is 0 Å². The third-order valence-corrected chi connectivity index (χ3v) is 3.51. The average molecular weight is 213 g/mol. The van der Waals surface area contributed by atoms with Gasteiger partial charge in [-0.3, -0.25) is 0 Å². The van der Waals surface area contributed by atoms with Gasteiger partial charge in [0.15, 0.2) is 0 Å². The van der Waals surface area contributed by atoms with Crippen LogP contribution in [0.5, 0.6) is 0 Å². The Bertz CT molecular complexity index is 311. The van der Waals surface area contributed by atoms with Gasteiger partial charge in [0.1, 0.15) is 5.82 Å². The smallest absolute Gasteiger partial charge is 0.126 e. The molecule has 2 heteroatoms. The van der Waals surface area contributed by atoms with Crippen molar-refractivity contribution in [1.82, 2.24) is 0 Å². The van der Waals surface area contributed by atoms with Gasteiger partial charge in [-0.1, -0.05) is 31.0 Å².